The van der Waals surface area contributed by atoms with Gasteiger partial charge in [0.25, 0.3) is 0 Å². The zero-order valence-corrected chi connectivity index (χ0v) is 16.6. The molecule has 0 aliphatic carbocycles. The van der Waals surface area contributed by atoms with Gasteiger partial charge in [-0.1, -0.05) is 29.8 Å². The fourth-order valence-corrected chi connectivity index (χ4v) is 4.25. The summed E-state index contributed by atoms with van der Waals surface area (Å²) in [5.41, 5.74) is 0. The number of aromatic nitrogens is 1. The topological polar surface area (TPSA) is 72.6 Å². The van der Waals surface area contributed by atoms with Crippen molar-refractivity contribution in [3.05, 3.63) is 34.6 Å². The lowest BCUT2D eigenvalue weighted by atomic mass is 10.1. The molecule has 1 saturated heterocycles. The monoisotopic (exact) mass is 428 g/mol. The summed E-state index contributed by atoms with van der Waals surface area (Å²) in [5, 5.41) is -0.00706. The molecular formula is C17H21BrN2O4S. The van der Waals surface area contributed by atoms with E-state index in [4.69, 9.17) is 9.15 Å². The van der Waals surface area contributed by atoms with Crippen LogP contribution in [0, 0.1) is 5.92 Å². The van der Waals surface area contributed by atoms with Crippen LogP contribution in [0.15, 0.2) is 43.1 Å². The Morgan fingerprint density at radius 2 is 1.84 bits per heavy atom. The maximum absolute atomic E-state index is 13.1. The SMILES string of the molecule is CC(C)Cc1nc(S(=O)(=O)c2ccc(Br)cc2)c(N2CCOCC2)o1. The van der Waals surface area contributed by atoms with Crippen molar-refractivity contribution >= 4 is 31.7 Å². The zero-order chi connectivity index (χ0) is 18.0. The third-order valence-electron chi connectivity index (χ3n) is 3.88. The first-order valence-electron chi connectivity index (χ1n) is 8.21. The summed E-state index contributed by atoms with van der Waals surface area (Å²) < 4.78 is 38.3. The molecule has 2 aromatic rings. The number of morpholine rings is 1. The molecule has 0 amide bonds. The van der Waals surface area contributed by atoms with E-state index in [0.717, 1.165) is 4.47 Å². The van der Waals surface area contributed by atoms with E-state index < -0.39 is 9.84 Å². The number of ether oxygens (including phenoxy) is 1. The molecule has 1 fully saturated rings. The van der Waals surface area contributed by atoms with Gasteiger partial charge in [0.1, 0.15) is 0 Å². The highest BCUT2D eigenvalue weighted by atomic mass is 79.9. The van der Waals surface area contributed by atoms with Crippen molar-refractivity contribution in [2.24, 2.45) is 5.92 Å². The average Bonchev–Trinajstić information content (AvgIpc) is 3.00. The Kier molecular flexibility index (Phi) is 5.50. The first kappa shape index (κ1) is 18.4. The van der Waals surface area contributed by atoms with Crippen LogP contribution in [0.3, 0.4) is 0 Å². The van der Waals surface area contributed by atoms with Gasteiger partial charge in [0, 0.05) is 24.0 Å². The van der Waals surface area contributed by atoms with Crippen molar-refractivity contribution in [3.8, 4) is 0 Å². The predicted octanol–water partition coefficient (Wildman–Crippen LogP) is 3.31. The molecule has 0 spiro atoms. The molecule has 6 nitrogen and oxygen atoms in total. The summed E-state index contributed by atoms with van der Waals surface area (Å²) >= 11 is 3.33. The van der Waals surface area contributed by atoms with Gasteiger partial charge in [-0.2, -0.15) is 4.98 Å². The maximum Gasteiger partial charge on any atom is 0.236 e. The summed E-state index contributed by atoms with van der Waals surface area (Å²) in [5.74, 6) is 1.09. The normalized spacial score (nSPS) is 15.8. The molecule has 0 saturated carbocycles. The summed E-state index contributed by atoms with van der Waals surface area (Å²) in [7, 11) is -3.76. The highest BCUT2D eigenvalue weighted by molar-refractivity contribution is 9.10. The Morgan fingerprint density at radius 3 is 2.44 bits per heavy atom. The molecular weight excluding hydrogens is 408 g/mol. The number of anilines is 1. The van der Waals surface area contributed by atoms with E-state index in [2.05, 4.69) is 20.9 Å². The van der Waals surface area contributed by atoms with E-state index >= 15 is 0 Å². The molecule has 25 heavy (non-hydrogen) atoms. The van der Waals surface area contributed by atoms with Crippen molar-refractivity contribution in [2.45, 2.75) is 30.2 Å². The minimum atomic E-state index is -3.76. The number of rotatable bonds is 5. The molecule has 0 bridgehead atoms. The summed E-state index contributed by atoms with van der Waals surface area (Å²) in [4.78, 5) is 6.45. The van der Waals surface area contributed by atoms with Gasteiger partial charge in [-0.15, -0.1) is 0 Å². The Labute approximate surface area is 156 Å². The Morgan fingerprint density at radius 1 is 1.20 bits per heavy atom. The minimum Gasteiger partial charge on any atom is -0.424 e. The third-order valence-corrected chi connectivity index (χ3v) is 6.08. The van der Waals surface area contributed by atoms with Crippen molar-refractivity contribution in [2.75, 3.05) is 31.2 Å². The lowest BCUT2D eigenvalue weighted by Gasteiger charge is -2.26. The zero-order valence-electron chi connectivity index (χ0n) is 14.2. The Bertz CT molecular complexity index is 825. The second kappa shape index (κ2) is 7.47. The van der Waals surface area contributed by atoms with Crippen LogP contribution in [0.5, 0.6) is 0 Å². The van der Waals surface area contributed by atoms with Crippen LogP contribution in [0.1, 0.15) is 19.7 Å². The fraction of sp³-hybridized carbons (Fsp3) is 0.471. The average molecular weight is 429 g/mol. The van der Waals surface area contributed by atoms with Gasteiger partial charge >= 0.3 is 0 Å². The molecule has 0 unspecified atom stereocenters. The van der Waals surface area contributed by atoms with Crippen LogP contribution in [-0.2, 0) is 21.0 Å². The second-order valence-electron chi connectivity index (χ2n) is 6.37. The molecule has 0 atom stereocenters. The lowest BCUT2D eigenvalue weighted by molar-refractivity contribution is 0.120. The van der Waals surface area contributed by atoms with Gasteiger partial charge in [-0.3, -0.25) is 0 Å². The quantitative estimate of drug-likeness (QED) is 0.726. The maximum atomic E-state index is 13.1. The number of hydrogen-bond donors (Lipinski definition) is 0. The van der Waals surface area contributed by atoms with Crippen LogP contribution < -0.4 is 4.90 Å². The number of sulfone groups is 1. The van der Waals surface area contributed by atoms with Crippen LogP contribution >= 0.6 is 15.9 Å². The molecule has 8 heteroatoms. The highest BCUT2D eigenvalue weighted by Crippen LogP contribution is 2.32. The molecule has 1 aliphatic heterocycles. The molecule has 0 N–H and O–H groups in total. The third kappa shape index (κ3) is 4.07. The van der Waals surface area contributed by atoms with Crippen molar-refractivity contribution in [1.29, 1.82) is 0 Å². The van der Waals surface area contributed by atoms with Crippen LogP contribution in [0.2, 0.25) is 0 Å². The van der Waals surface area contributed by atoms with E-state index in [9.17, 15) is 8.42 Å². The second-order valence-corrected chi connectivity index (χ2v) is 9.15. The fourth-order valence-electron chi connectivity index (χ4n) is 2.64. The van der Waals surface area contributed by atoms with E-state index in [1.165, 1.54) is 0 Å². The molecule has 1 aromatic carbocycles. The van der Waals surface area contributed by atoms with Gasteiger partial charge in [-0.05, 0) is 30.2 Å². The van der Waals surface area contributed by atoms with Crippen LogP contribution in [0.25, 0.3) is 0 Å². The number of oxazole rings is 1. The van der Waals surface area contributed by atoms with Gasteiger partial charge in [0.05, 0.1) is 18.1 Å². The van der Waals surface area contributed by atoms with Gasteiger partial charge in [-0.25, -0.2) is 8.42 Å². The number of nitrogens with zero attached hydrogens (tertiary/aromatic N) is 2. The number of benzene rings is 1. The van der Waals surface area contributed by atoms with Crippen molar-refractivity contribution in [3.63, 3.8) is 0 Å². The molecule has 3 rings (SSSR count). The summed E-state index contributed by atoms with van der Waals surface area (Å²) in [6.45, 7) is 6.33. The number of halogens is 1. The smallest absolute Gasteiger partial charge is 0.236 e. The van der Waals surface area contributed by atoms with E-state index in [0.29, 0.717) is 50.4 Å². The lowest BCUT2D eigenvalue weighted by Crippen LogP contribution is -2.36. The molecule has 2 heterocycles. The minimum absolute atomic E-state index is 0.00706. The van der Waals surface area contributed by atoms with E-state index in [1.807, 2.05) is 18.7 Å². The van der Waals surface area contributed by atoms with Crippen molar-refractivity contribution < 1.29 is 17.6 Å². The molecule has 1 aromatic heterocycles. The van der Waals surface area contributed by atoms with Crippen LogP contribution in [-0.4, -0.2) is 39.7 Å². The standard InChI is InChI=1S/C17H21BrN2O4S/c1-12(2)11-15-19-16(17(24-15)20-7-9-23-10-8-20)25(21,22)14-5-3-13(18)4-6-14/h3-6,12H,7-11H2,1-2H3. The predicted molar refractivity (Wildman–Crippen MR) is 97.7 cm³/mol. The van der Waals surface area contributed by atoms with E-state index in [-0.39, 0.29) is 9.92 Å². The highest BCUT2D eigenvalue weighted by Gasteiger charge is 2.31. The molecule has 1 aliphatic rings. The van der Waals surface area contributed by atoms with Gasteiger partial charge in [0.2, 0.25) is 20.7 Å². The van der Waals surface area contributed by atoms with Crippen LogP contribution in [0.4, 0.5) is 5.88 Å². The number of hydrogen-bond acceptors (Lipinski definition) is 6. The van der Waals surface area contributed by atoms with Gasteiger partial charge in [0.15, 0.2) is 5.89 Å². The first-order chi connectivity index (χ1) is 11.9. The summed E-state index contributed by atoms with van der Waals surface area (Å²) in [6, 6.07) is 6.55. The van der Waals surface area contributed by atoms with Crippen molar-refractivity contribution in [1.82, 2.24) is 4.98 Å². The summed E-state index contributed by atoms with van der Waals surface area (Å²) in [6.07, 6.45) is 0.590. The first-order valence-corrected chi connectivity index (χ1v) is 10.5. The molecule has 136 valence electrons. The van der Waals surface area contributed by atoms with E-state index in [1.54, 1.807) is 24.3 Å². The Hall–Kier alpha value is -1.38. The largest absolute Gasteiger partial charge is 0.424 e. The molecule has 0 radical (unpaired) electrons. The Balaban J connectivity index is 2.05. The van der Waals surface area contributed by atoms with Gasteiger partial charge < -0.3 is 14.1 Å².